The number of nitrogens with one attached hydrogen (secondary N) is 1. The van der Waals surface area contributed by atoms with Crippen LogP contribution in [0.15, 0.2) is 77.8 Å². The maximum Gasteiger partial charge on any atom is 0.148 e. The van der Waals surface area contributed by atoms with Crippen LogP contribution in [0.5, 0.6) is 0 Å². The molecule has 0 atom stereocenters. The zero-order chi connectivity index (χ0) is 17.6. The molecule has 0 heterocycles. The molecule has 0 saturated carbocycles. The van der Waals surface area contributed by atoms with Crippen molar-refractivity contribution in [1.29, 1.82) is 5.26 Å². The van der Waals surface area contributed by atoms with E-state index in [1.54, 1.807) is 30.3 Å². The van der Waals surface area contributed by atoms with Gasteiger partial charge in [-0.2, -0.15) is 5.26 Å². The molecule has 0 aliphatic rings. The predicted molar refractivity (Wildman–Crippen MR) is 96.5 cm³/mol. The van der Waals surface area contributed by atoms with Gasteiger partial charge in [0.15, 0.2) is 0 Å². The molecule has 3 rings (SSSR count). The topological polar surface area (TPSA) is 74.2 Å². The summed E-state index contributed by atoms with van der Waals surface area (Å²) >= 11 is 0. The molecule has 5 heteroatoms. The minimum absolute atomic E-state index is 0.179. The first kappa shape index (κ1) is 16.4. The number of hydrogen-bond donors (Lipinski definition) is 2. The van der Waals surface area contributed by atoms with Crippen LogP contribution in [-0.2, 0) is 0 Å². The second-order valence-electron chi connectivity index (χ2n) is 5.26. The van der Waals surface area contributed by atoms with Crippen LogP contribution >= 0.6 is 0 Å². The summed E-state index contributed by atoms with van der Waals surface area (Å²) < 4.78 is 13.9. The highest BCUT2D eigenvalue weighted by Crippen LogP contribution is 2.28. The first-order chi connectivity index (χ1) is 12.2. The number of nitriles is 1. The van der Waals surface area contributed by atoms with Crippen LogP contribution < -0.4 is 11.3 Å². The van der Waals surface area contributed by atoms with Crippen LogP contribution in [-0.4, -0.2) is 5.84 Å². The normalized spacial score (nSPS) is 11.0. The Bertz CT molecular complexity index is 973. The summed E-state index contributed by atoms with van der Waals surface area (Å²) in [5.74, 6) is 5.53. The lowest BCUT2D eigenvalue weighted by Crippen LogP contribution is -2.31. The van der Waals surface area contributed by atoms with Gasteiger partial charge in [0.2, 0.25) is 0 Å². The first-order valence-corrected chi connectivity index (χ1v) is 7.63. The van der Waals surface area contributed by atoms with Gasteiger partial charge in [-0.05, 0) is 23.8 Å². The molecule has 0 bridgehead atoms. The van der Waals surface area contributed by atoms with Crippen LogP contribution in [0.4, 0.5) is 10.1 Å². The van der Waals surface area contributed by atoms with Crippen molar-refractivity contribution in [2.24, 2.45) is 10.8 Å². The third kappa shape index (κ3) is 3.39. The third-order valence-electron chi connectivity index (χ3n) is 3.74. The second-order valence-corrected chi connectivity index (χ2v) is 5.26. The van der Waals surface area contributed by atoms with Crippen LogP contribution in [0.2, 0.25) is 0 Å². The Hall–Kier alpha value is -3.49. The molecule has 0 radical (unpaired) electrons. The van der Waals surface area contributed by atoms with E-state index in [0.29, 0.717) is 17.0 Å². The fourth-order valence-corrected chi connectivity index (χ4v) is 2.57. The highest BCUT2D eigenvalue weighted by atomic mass is 19.1. The van der Waals surface area contributed by atoms with Gasteiger partial charge in [0.05, 0.1) is 11.6 Å². The first-order valence-electron chi connectivity index (χ1n) is 7.63. The zero-order valence-corrected chi connectivity index (χ0v) is 13.3. The summed E-state index contributed by atoms with van der Waals surface area (Å²) in [5, 5.41) is 9.37. The highest BCUT2D eigenvalue weighted by molar-refractivity contribution is 6.05. The van der Waals surface area contributed by atoms with Crippen molar-refractivity contribution in [3.63, 3.8) is 0 Å². The molecule has 122 valence electrons. The number of hydrogen-bond acceptors (Lipinski definition) is 3. The summed E-state index contributed by atoms with van der Waals surface area (Å²) in [5.41, 5.74) is 5.48. The minimum atomic E-state index is -0.440. The minimum Gasteiger partial charge on any atom is -0.308 e. The summed E-state index contributed by atoms with van der Waals surface area (Å²) in [4.78, 5) is 4.31. The van der Waals surface area contributed by atoms with Crippen LogP contribution in [0.1, 0.15) is 11.1 Å². The third-order valence-corrected chi connectivity index (χ3v) is 3.74. The number of rotatable bonds is 3. The fourth-order valence-electron chi connectivity index (χ4n) is 2.57. The monoisotopic (exact) mass is 330 g/mol. The number of amidine groups is 1. The van der Waals surface area contributed by atoms with E-state index in [1.807, 2.05) is 36.4 Å². The molecule has 0 fully saturated rings. The molecule has 0 unspecified atom stereocenters. The van der Waals surface area contributed by atoms with Crippen molar-refractivity contribution in [3.05, 3.63) is 89.7 Å². The van der Waals surface area contributed by atoms with Crippen molar-refractivity contribution in [1.82, 2.24) is 5.43 Å². The van der Waals surface area contributed by atoms with Gasteiger partial charge >= 0.3 is 0 Å². The number of hydrazine groups is 1. The average molecular weight is 330 g/mol. The van der Waals surface area contributed by atoms with Crippen LogP contribution in [0.3, 0.4) is 0 Å². The Labute approximate surface area is 145 Å². The predicted octanol–water partition coefficient (Wildman–Crippen LogP) is 3.91. The molecule has 3 aromatic carbocycles. The number of nitrogens with zero attached hydrogens (tertiary/aromatic N) is 2. The Kier molecular flexibility index (Phi) is 4.84. The lowest BCUT2D eigenvalue weighted by Gasteiger charge is -2.13. The Balaban J connectivity index is 2.18. The smallest absolute Gasteiger partial charge is 0.148 e. The highest BCUT2D eigenvalue weighted by Gasteiger charge is 2.13. The van der Waals surface area contributed by atoms with Crippen molar-refractivity contribution >= 4 is 11.5 Å². The Morgan fingerprint density at radius 2 is 1.56 bits per heavy atom. The molecular weight excluding hydrogens is 315 g/mol. The second kappa shape index (κ2) is 7.39. The SMILES string of the molecule is N#Cc1ccccc1-c1ccccc1C(=Nc1ccccc1F)NN. The zero-order valence-electron chi connectivity index (χ0n) is 13.3. The molecule has 3 aromatic rings. The molecule has 4 nitrogen and oxygen atoms in total. The lowest BCUT2D eigenvalue weighted by atomic mass is 9.95. The fraction of sp³-hybridized carbons (Fsp3) is 0. The summed E-state index contributed by atoms with van der Waals surface area (Å²) in [7, 11) is 0. The standard InChI is InChI=1S/C20H15FN4/c21-18-11-5-6-12-19(18)24-20(25-23)17-10-4-3-9-16(17)15-8-2-1-7-14(15)13-22/h1-12H,23H2,(H,24,25). The lowest BCUT2D eigenvalue weighted by molar-refractivity contribution is 0.630. The molecule has 3 N–H and O–H groups in total. The summed E-state index contributed by atoms with van der Waals surface area (Å²) in [6, 6.07) is 23.1. The van der Waals surface area contributed by atoms with Crippen molar-refractivity contribution in [2.45, 2.75) is 0 Å². The molecule has 0 amide bonds. The van der Waals surface area contributed by atoms with Gasteiger partial charge in [-0.25, -0.2) is 15.2 Å². The van der Waals surface area contributed by atoms with Crippen molar-refractivity contribution < 1.29 is 4.39 Å². The Morgan fingerprint density at radius 3 is 2.28 bits per heavy atom. The van der Waals surface area contributed by atoms with E-state index in [0.717, 1.165) is 11.1 Å². The van der Waals surface area contributed by atoms with E-state index in [-0.39, 0.29) is 5.69 Å². The molecule has 0 spiro atoms. The van der Waals surface area contributed by atoms with Gasteiger partial charge in [0, 0.05) is 11.1 Å². The quantitative estimate of drug-likeness (QED) is 0.331. The number of halogens is 1. The van der Waals surface area contributed by atoms with Gasteiger partial charge in [-0.1, -0.05) is 54.6 Å². The maximum atomic E-state index is 13.9. The van der Waals surface area contributed by atoms with Crippen LogP contribution in [0, 0.1) is 17.1 Å². The van der Waals surface area contributed by atoms with E-state index >= 15 is 0 Å². The van der Waals surface area contributed by atoms with Crippen molar-refractivity contribution in [2.75, 3.05) is 0 Å². The average Bonchev–Trinajstić information content (AvgIpc) is 2.67. The van der Waals surface area contributed by atoms with Gasteiger partial charge < -0.3 is 5.43 Å². The van der Waals surface area contributed by atoms with Gasteiger partial charge in [0.1, 0.15) is 17.3 Å². The molecule has 0 aliphatic heterocycles. The molecule has 25 heavy (non-hydrogen) atoms. The largest absolute Gasteiger partial charge is 0.308 e. The van der Waals surface area contributed by atoms with Gasteiger partial charge in [-0.3, -0.25) is 0 Å². The summed E-state index contributed by atoms with van der Waals surface area (Å²) in [6.07, 6.45) is 0. The number of para-hydroxylation sites is 1. The number of nitrogens with two attached hydrogens (primary N) is 1. The van der Waals surface area contributed by atoms with E-state index in [2.05, 4.69) is 16.5 Å². The Morgan fingerprint density at radius 1 is 0.920 bits per heavy atom. The van der Waals surface area contributed by atoms with E-state index in [9.17, 15) is 9.65 Å². The van der Waals surface area contributed by atoms with E-state index in [4.69, 9.17) is 5.84 Å². The van der Waals surface area contributed by atoms with Gasteiger partial charge in [0.25, 0.3) is 0 Å². The molecule has 0 aliphatic carbocycles. The molecule has 0 aromatic heterocycles. The van der Waals surface area contributed by atoms with E-state index in [1.165, 1.54) is 6.07 Å². The van der Waals surface area contributed by atoms with Crippen LogP contribution in [0.25, 0.3) is 11.1 Å². The van der Waals surface area contributed by atoms with E-state index < -0.39 is 5.82 Å². The number of benzene rings is 3. The molecular formula is C20H15FN4. The maximum absolute atomic E-state index is 13.9. The molecule has 0 saturated heterocycles. The van der Waals surface area contributed by atoms with Crippen molar-refractivity contribution in [3.8, 4) is 17.2 Å². The number of aliphatic imine (C=N–C) groups is 1. The van der Waals surface area contributed by atoms with Gasteiger partial charge in [-0.15, -0.1) is 0 Å². The summed E-state index contributed by atoms with van der Waals surface area (Å²) in [6.45, 7) is 0.